The van der Waals surface area contributed by atoms with Gasteiger partial charge in [0.1, 0.15) is 36.4 Å². The summed E-state index contributed by atoms with van der Waals surface area (Å²) in [5, 5.41) is 6.28. The van der Waals surface area contributed by atoms with E-state index in [-0.39, 0.29) is 6.10 Å². The first kappa shape index (κ1) is 22.0. The fraction of sp³-hybridized carbons (Fsp3) is 0.292. The van der Waals surface area contributed by atoms with Gasteiger partial charge in [-0.3, -0.25) is 0 Å². The summed E-state index contributed by atoms with van der Waals surface area (Å²) >= 11 is 1.57. The average Bonchev–Trinajstić information content (AvgIpc) is 3.26. The monoisotopic (exact) mass is 449 g/mol. The molecule has 8 heteroatoms. The van der Waals surface area contributed by atoms with E-state index in [4.69, 9.17) is 9.47 Å². The molecule has 32 heavy (non-hydrogen) atoms. The van der Waals surface area contributed by atoms with E-state index in [2.05, 4.69) is 32.1 Å². The highest BCUT2D eigenvalue weighted by atomic mass is 32.1. The van der Waals surface area contributed by atoms with Gasteiger partial charge in [0.2, 0.25) is 0 Å². The Morgan fingerprint density at radius 1 is 1.09 bits per heavy atom. The molecule has 7 nitrogen and oxygen atoms in total. The molecule has 2 heterocycles. The van der Waals surface area contributed by atoms with Gasteiger partial charge in [0.15, 0.2) is 0 Å². The van der Waals surface area contributed by atoms with Crippen LogP contribution in [0.25, 0.3) is 10.9 Å². The minimum atomic E-state index is 0.0278. The van der Waals surface area contributed by atoms with Crippen molar-refractivity contribution >= 4 is 33.7 Å². The number of ether oxygens (including phenoxy) is 2. The van der Waals surface area contributed by atoms with E-state index in [9.17, 15) is 0 Å². The minimum absolute atomic E-state index is 0.0278. The highest BCUT2D eigenvalue weighted by Crippen LogP contribution is 2.33. The number of nitrogens with one attached hydrogen (secondary N) is 1. The van der Waals surface area contributed by atoms with Gasteiger partial charge in [-0.2, -0.15) is 0 Å². The van der Waals surface area contributed by atoms with E-state index in [1.54, 1.807) is 17.7 Å². The lowest BCUT2D eigenvalue weighted by Gasteiger charge is -2.20. The number of rotatable bonds is 9. The Morgan fingerprint density at radius 2 is 1.97 bits per heavy atom. The Morgan fingerprint density at radius 3 is 2.72 bits per heavy atom. The maximum absolute atomic E-state index is 6.24. The molecule has 0 aliphatic rings. The molecule has 0 spiro atoms. The Balaban J connectivity index is 1.56. The number of fused-ring (bicyclic) bond motifs is 1. The summed E-state index contributed by atoms with van der Waals surface area (Å²) in [5.41, 5.74) is 5.51. The molecule has 2 aromatic carbocycles. The van der Waals surface area contributed by atoms with Crippen LogP contribution in [-0.4, -0.2) is 46.6 Å². The molecule has 1 N–H and O–H groups in total. The second-order valence-electron chi connectivity index (χ2n) is 7.94. The lowest BCUT2D eigenvalue weighted by Crippen LogP contribution is -2.28. The fourth-order valence-electron chi connectivity index (χ4n) is 3.53. The van der Waals surface area contributed by atoms with Gasteiger partial charge < -0.3 is 19.7 Å². The first-order chi connectivity index (χ1) is 15.5. The van der Waals surface area contributed by atoms with E-state index in [1.807, 2.05) is 68.3 Å². The first-order valence-electron chi connectivity index (χ1n) is 10.4. The molecule has 0 saturated carbocycles. The van der Waals surface area contributed by atoms with Gasteiger partial charge in [-0.25, -0.2) is 15.0 Å². The summed E-state index contributed by atoms with van der Waals surface area (Å²) in [6.07, 6.45) is 1.59. The van der Waals surface area contributed by atoms with Crippen LogP contribution in [0.1, 0.15) is 18.2 Å². The molecule has 0 aliphatic carbocycles. The van der Waals surface area contributed by atoms with E-state index in [0.29, 0.717) is 12.4 Å². The molecule has 0 aliphatic heterocycles. The van der Waals surface area contributed by atoms with Crippen LogP contribution in [0.15, 0.2) is 53.6 Å². The maximum Gasteiger partial charge on any atom is 0.145 e. The van der Waals surface area contributed by atoms with Gasteiger partial charge in [-0.1, -0.05) is 6.07 Å². The van der Waals surface area contributed by atoms with Crippen LogP contribution < -0.4 is 14.8 Å². The zero-order valence-electron chi connectivity index (χ0n) is 18.7. The molecule has 0 unspecified atom stereocenters. The second kappa shape index (κ2) is 9.93. The van der Waals surface area contributed by atoms with E-state index >= 15 is 0 Å². The number of thiazole rings is 1. The van der Waals surface area contributed by atoms with Crippen LogP contribution in [0, 0.1) is 6.92 Å². The predicted octanol–water partition coefficient (Wildman–Crippen LogP) is 5.05. The minimum Gasteiger partial charge on any atom is -0.489 e. The number of hydrogen-bond donors (Lipinski definition) is 1. The number of benzene rings is 2. The SMILES string of the molecule is Cc1cc(Nc2ncnc3cccc(O[C@H](C)CN(C)C)c23)ccc1OCc1cscn1. The van der Waals surface area contributed by atoms with Crippen molar-refractivity contribution in [2.45, 2.75) is 26.6 Å². The number of nitrogens with zero attached hydrogens (tertiary/aromatic N) is 4. The standard InChI is InChI=1S/C24H27N5O2S/c1-16-10-18(8-9-21(16)30-12-19-13-32-15-27-19)28-24-23-20(25-14-26-24)6-5-7-22(23)31-17(2)11-29(3)4/h5-10,13-15,17H,11-12H2,1-4H3,(H,25,26,28)/t17-/m1/s1. The molecular formula is C24H27N5O2S. The molecule has 4 rings (SSSR count). The molecule has 0 bridgehead atoms. The third-order valence-electron chi connectivity index (χ3n) is 4.87. The van der Waals surface area contributed by atoms with Crippen molar-refractivity contribution in [3.63, 3.8) is 0 Å². The average molecular weight is 450 g/mol. The number of aryl methyl sites for hydroxylation is 1. The van der Waals surface area contributed by atoms with Crippen LogP contribution in [0.2, 0.25) is 0 Å². The van der Waals surface area contributed by atoms with Crippen LogP contribution in [0.5, 0.6) is 11.5 Å². The summed E-state index contributed by atoms with van der Waals surface area (Å²) in [5.74, 6) is 2.30. The van der Waals surface area contributed by atoms with Crippen molar-refractivity contribution in [2.75, 3.05) is 26.0 Å². The summed E-state index contributed by atoms with van der Waals surface area (Å²) in [6, 6.07) is 11.9. The highest BCUT2D eigenvalue weighted by molar-refractivity contribution is 7.07. The molecule has 0 radical (unpaired) electrons. The largest absolute Gasteiger partial charge is 0.489 e. The van der Waals surface area contributed by atoms with Crippen LogP contribution >= 0.6 is 11.3 Å². The molecule has 0 amide bonds. The second-order valence-corrected chi connectivity index (χ2v) is 8.66. The number of anilines is 2. The normalized spacial score (nSPS) is 12.2. The predicted molar refractivity (Wildman–Crippen MR) is 129 cm³/mol. The number of aromatic nitrogens is 3. The molecule has 2 aromatic heterocycles. The third kappa shape index (κ3) is 5.33. The maximum atomic E-state index is 6.24. The van der Waals surface area contributed by atoms with Crippen LogP contribution in [0.3, 0.4) is 0 Å². The van der Waals surface area contributed by atoms with E-state index < -0.39 is 0 Å². The van der Waals surface area contributed by atoms with Gasteiger partial charge in [0.25, 0.3) is 0 Å². The Hall–Kier alpha value is -3.23. The zero-order valence-corrected chi connectivity index (χ0v) is 19.5. The van der Waals surface area contributed by atoms with E-state index in [1.165, 1.54) is 0 Å². The first-order valence-corrected chi connectivity index (χ1v) is 11.4. The van der Waals surface area contributed by atoms with Gasteiger partial charge in [0.05, 0.1) is 22.1 Å². The van der Waals surface area contributed by atoms with Crippen molar-refractivity contribution in [3.05, 3.63) is 64.9 Å². The van der Waals surface area contributed by atoms with Crippen LogP contribution in [-0.2, 0) is 6.61 Å². The lowest BCUT2D eigenvalue weighted by molar-refractivity contribution is 0.179. The summed E-state index contributed by atoms with van der Waals surface area (Å²) < 4.78 is 12.2. The molecule has 0 fully saturated rings. The number of hydrogen-bond acceptors (Lipinski definition) is 8. The lowest BCUT2D eigenvalue weighted by atomic mass is 10.1. The van der Waals surface area contributed by atoms with Crippen molar-refractivity contribution in [3.8, 4) is 11.5 Å². The Kier molecular flexibility index (Phi) is 6.82. The fourth-order valence-corrected chi connectivity index (χ4v) is 4.07. The molecule has 4 aromatic rings. The highest BCUT2D eigenvalue weighted by Gasteiger charge is 2.14. The summed E-state index contributed by atoms with van der Waals surface area (Å²) in [7, 11) is 4.07. The van der Waals surface area contributed by atoms with Gasteiger partial charge >= 0.3 is 0 Å². The Bertz CT molecular complexity index is 1180. The van der Waals surface area contributed by atoms with Crippen molar-refractivity contribution < 1.29 is 9.47 Å². The molecule has 166 valence electrons. The van der Waals surface area contributed by atoms with Crippen LogP contribution in [0.4, 0.5) is 11.5 Å². The van der Waals surface area contributed by atoms with Gasteiger partial charge in [0, 0.05) is 17.6 Å². The number of likely N-dealkylation sites (N-methyl/N-ethyl adjacent to an activating group) is 1. The Labute approximate surface area is 192 Å². The molecule has 1 atom stereocenters. The van der Waals surface area contributed by atoms with Crippen molar-refractivity contribution in [1.82, 2.24) is 19.9 Å². The van der Waals surface area contributed by atoms with Gasteiger partial charge in [-0.05, 0) is 63.8 Å². The quantitative estimate of drug-likeness (QED) is 0.383. The topological polar surface area (TPSA) is 72.4 Å². The summed E-state index contributed by atoms with van der Waals surface area (Å²) in [4.78, 5) is 15.3. The van der Waals surface area contributed by atoms with Crippen molar-refractivity contribution in [1.29, 1.82) is 0 Å². The molecule has 0 saturated heterocycles. The smallest absolute Gasteiger partial charge is 0.145 e. The van der Waals surface area contributed by atoms with Gasteiger partial charge in [-0.15, -0.1) is 11.3 Å². The van der Waals surface area contributed by atoms with E-state index in [0.717, 1.165) is 45.9 Å². The van der Waals surface area contributed by atoms with Crippen molar-refractivity contribution in [2.24, 2.45) is 0 Å². The third-order valence-corrected chi connectivity index (χ3v) is 5.51. The summed E-state index contributed by atoms with van der Waals surface area (Å²) in [6.45, 7) is 5.36. The zero-order chi connectivity index (χ0) is 22.5. The molecular weight excluding hydrogens is 422 g/mol.